The Morgan fingerprint density at radius 3 is 2.84 bits per heavy atom. The summed E-state index contributed by atoms with van der Waals surface area (Å²) >= 11 is 1.43. The molecule has 0 aliphatic carbocycles. The molecule has 0 saturated carbocycles. The standard InChI is InChI=1S/C12H14N2O3S2/c1-9-3-4-11(17-2)12(5-9)19(15,16)14-6-10-7-18-8-13-10/h3-5,7-8,14H,6H2,1-2H3. The number of hydrogen-bond acceptors (Lipinski definition) is 5. The minimum atomic E-state index is -3.61. The zero-order chi connectivity index (χ0) is 13.9. The number of aryl methyl sites for hydroxylation is 1. The third kappa shape index (κ3) is 3.31. The Kier molecular flexibility index (Phi) is 4.18. The van der Waals surface area contributed by atoms with Gasteiger partial charge in [-0.2, -0.15) is 0 Å². The van der Waals surface area contributed by atoms with Gasteiger partial charge in [-0.05, 0) is 24.6 Å². The lowest BCUT2D eigenvalue weighted by atomic mass is 10.2. The molecule has 5 nitrogen and oxygen atoms in total. The molecule has 102 valence electrons. The summed E-state index contributed by atoms with van der Waals surface area (Å²) in [5.74, 6) is 0.330. The summed E-state index contributed by atoms with van der Waals surface area (Å²) in [6.07, 6.45) is 0. The van der Waals surface area contributed by atoms with Crippen molar-refractivity contribution < 1.29 is 13.2 Å². The Bertz CT molecular complexity index is 652. The molecule has 1 aromatic carbocycles. The van der Waals surface area contributed by atoms with Crippen LogP contribution < -0.4 is 9.46 Å². The SMILES string of the molecule is COc1ccc(C)cc1S(=O)(=O)NCc1cscn1. The van der Waals surface area contributed by atoms with Gasteiger partial charge in [-0.15, -0.1) is 11.3 Å². The van der Waals surface area contributed by atoms with Gasteiger partial charge in [-0.1, -0.05) is 6.07 Å². The molecule has 1 aromatic heterocycles. The molecule has 7 heteroatoms. The number of methoxy groups -OCH3 is 1. The van der Waals surface area contributed by atoms with E-state index in [-0.39, 0.29) is 11.4 Å². The molecule has 2 aromatic rings. The third-order valence-electron chi connectivity index (χ3n) is 2.54. The van der Waals surface area contributed by atoms with E-state index in [1.807, 2.05) is 6.92 Å². The number of sulfonamides is 1. The summed E-state index contributed by atoms with van der Waals surface area (Å²) in [7, 11) is -2.16. The minimum absolute atomic E-state index is 0.144. The van der Waals surface area contributed by atoms with Gasteiger partial charge in [0.1, 0.15) is 10.6 Å². The number of hydrogen-bond donors (Lipinski definition) is 1. The maximum Gasteiger partial charge on any atom is 0.244 e. The zero-order valence-electron chi connectivity index (χ0n) is 10.6. The molecule has 0 spiro atoms. The molecule has 0 fully saturated rings. The van der Waals surface area contributed by atoms with Crippen LogP contribution in [0.1, 0.15) is 11.3 Å². The lowest BCUT2D eigenvalue weighted by Crippen LogP contribution is -2.24. The molecule has 1 N–H and O–H groups in total. The summed E-state index contributed by atoms with van der Waals surface area (Å²) in [5.41, 5.74) is 3.21. The molecule has 19 heavy (non-hydrogen) atoms. The number of benzene rings is 1. The van der Waals surface area contributed by atoms with Crippen molar-refractivity contribution in [3.63, 3.8) is 0 Å². The Hall–Kier alpha value is -1.44. The number of nitrogens with zero attached hydrogens (tertiary/aromatic N) is 1. The van der Waals surface area contributed by atoms with Crippen LogP contribution in [0.25, 0.3) is 0 Å². The Morgan fingerprint density at radius 2 is 2.21 bits per heavy atom. The molecule has 0 saturated heterocycles. The molecule has 0 atom stereocenters. The van der Waals surface area contributed by atoms with E-state index in [0.717, 1.165) is 5.56 Å². The van der Waals surface area contributed by atoms with Gasteiger partial charge in [0.25, 0.3) is 0 Å². The second-order valence-corrected chi connectivity index (χ2v) is 6.41. The first kappa shape index (κ1) is 14.0. The van der Waals surface area contributed by atoms with Gasteiger partial charge in [0.2, 0.25) is 10.0 Å². The summed E-state index contributed by atoms with van der Waals surface area (Å²) < 4.78 is 32.1. The monoisotopic (exact) mass is 298 g/mol. The van der Waals surface area contributed by atoms with Crippen LogP contribution in [-0.4, -0.2) is 20.5 Å². The van der Waals surface area contributed by atoms with Crippen LogP contribution >= 0.6 is 11.3 Å². The molecule has 0 radical (unpaired) electrons. The first-order valence-electron chi connectivity index (χ1n) is 5.54. The smallest absolute Gasteiger partial charge is 0.244 e. The van der Waals surface area contributed by atoms with Crippen LogP contribution in [0.4, 0.5) is 0 Å². The highest BCUT2D eigenvalue weighted by molar-refractivity contribution is 7.89. The van der Waals surface area contributed by atoms with Crippen molar-refractivity contribution in [1.82, 2.24) is 9.71 Å². The van der Waals surface area contributed by atoms with Crippen LogP contribution in [0.3, 0.4) is 0 Å². The summed E-state index contributed by atoms with van der Waals surface area (Å²) in [6.45, 7) is 2.00. The van der Waals surface area contributed by atoms with E-state index in [0.29, 0.717) is 11.4 Å². The van der Waals surface area contributed by atoms with Crippen molar-refractivity contribution in [2.24, 2.45) is 0 Å². The second-order valence-electron chi connectivity index (χ2n) is 3.96. The van der Waals surface area contributed by atoms with Gasteiger partial charge < -0.3 is 4.74 Å². The highest BCUT2D eigenvalue weighted by Gasteiger charge is 2.19. The number of nitrogens with one attached hydrogen (secondary N) is 1. The van der Waals surface area contributed by atoms with Crippen molar-refractivity contribution in [3.8, 4) is 5.75 Å². The van der Waals surface area contributed by atoms with Gasteiger partial charge in [0.15, 0.2) is 0 Å². The van der Waals surface area contributed by atoms with Crippen LogP contribution in [0.5, 0.6) is 5.75 Å². The largest absolute Gasteiger partial charge is 0.495 e. The minimum Gasteiger partial charge on any atom is -0.495 e. The van der Waals surface area contributed by atoms with Crippen LogP contribution in [-0.2, 0) is 16.6 Å². The first-order chi connectivity index (χ1) is 9.03. The molecule has 2 rings (SSSR count). The first-order valence-corrected chi connectivity index (χ1v) is 7.97. The number of thiazole rings is 1. The lowest BCUT2D eigenvalue weighted by Gasteiger charge is -2.10. The maximum atomic E-state index is 12.2. The van der Waals surface area contributed by atoms with Crippen LogP contribution in [0, 0.1) is 6.92 Å². The molecule has 0 amide bonds. The van der Waals surface area contributed by atoms with Crippen LogP contribution in [0.15, 0.2) is 34.0 Å². The number of ether oxygens (including phenoxy) is 1. The Balaban J connectivity index is 2.26. The fraction of sp³-hybridized carbons (Fsp3) is 0.250. The molecule has 1 heterocycles. The van der Waals surface area contributed by atoms with Gasteiger partial charge in [0, 0.05) is 5.38 Å². The van der Waals surface area contributed by atoms with Gasteiger partial charge in [-0.3, -0.25) is 0 Å². The van der Waals surface area contributed by atoms with Gasteiger partial charge in [-0.25, -0.2) is 18.1 Å². The van der Waals surface area contributed by atoms with E-state index >= 15 is 0 Å². The van der Waals surface area contributed by atoms with Crippen molar-refractivity contribution in [2.45, 2.75) is 18.4 Å². The fourth-order valence-electron chi connectivity index (χ4n) is 1.57. The van der Waals surface area contributed by atoms with Crippen molar-refractivity contribution in [3.05, 3.63) is 40.3 Å². The predicted molar refractivity (Wildman–Crippen MR) is 73.9 cm³/mol. The topological polar surface area (TPSA) is 68.3 Å². The zero-order valence-corrected chi connectivity index (χ0v) is 12.2. The van der Waals surface area contributed by atoms with Gasteiger partial charge >= 0.3 is 0 Å². The van der Waals surface area contributed by atoms with E-state index in [4.69, 9.17) is 4.74 Å². The van der Waals surface area contributed by atoms with E-state index in [9.17, 15) is 8.42 Å². The molecule has 0 aliphatic heterocycles. The van der Waals surface area contributed by atoms with Crippen molar-refractivity contribution >= 4 is 21.4 Å². The summed E-state index contributed by atoms with van der Waals surface area (Å²) in [6, 6.07) is 5.03. The Morgan fingerprint density at radius 1 is 1.42 bits per heavy atom. The van der Waals surface area contributed by atoms with Crippen molar-refractivity contribution in [1.29, 1.82) is 0 Å². The van der Waals surface area contributed by atoms with E-state index in [2.05, 4.69) is 9.71 Å². The lowest BCUT2D eigenvalue weighted by molar-refractivity contribution is 0.402. The fourth-order valence-corrected chi connectivity index (χ4v) is 3.37. The maximum absolute atomic E-state index is 12.2. The van der Waals surface area contributed by atoms with E-state index < -0.39 is 10.0 Å². The molecular formula is C12H14N2O3S2. The quantitative estimate of drug-likeness (QED) is 0.916. The Labute approximate surface area is 116 Å². The normalized spacial score (nSPS) is 11.5. The molecule has 0 bridgehead atoms. The molecular weight excluding hydrogens is 284 g/mol. The highest BCUT2D eigenvalue weighted by Crippen LogP contribution is 2.24. The van der Waals surface area contributed by atoms with Gasteiger partial charge in [0.05, 0.1) is 24.9 Å². The van der Waals surface area contributed by atoms with E-state index in [1.165, 1.54) is 18.4 Å². The highest BCUT2D eigenvalue weighted by atomic mass is 32.2. The third-order valence-corrected chi connectivity index (χ3v) is 4.59. The average Bonchev–Trinajstić information content (AvgIpc) is 2.89. The van der Waals surface area contributed by atoms with E-state index in [1.54, 1.807) is 29.1 Å². The average molecular weight is 298 g/mol. The number of aromatic nitrogens is 1. The number of rotatable bonds is 5. The second kappa shape index (κ2) is 5.68. The molecule has 0 aliphatic rings. The summed E-state index contributed by atoms with van der Waals surface area (Å²) in [4.78, 5) is 4.18. The predicted octanol–water partition coefficient (Wildman–Crippen LogP) is 1.94. The summed E-state index contributed by atoms with van der Waals surface area (Å²) in [5, 5.41) is 1.80. The van der Waals surface area contributed by atoms with Crippen molar-refractivity contribution in [2.75, 3.05) is 7.11 Å². The molecule has 0 unspecified atom stereocenters. The van der Waals surface area contributed by atoms with Crippen LogP contribution in [0.2, 0.25) is 0 Å².